The fraction of sp³-hybridized carbons (Fsp3) is 0.250. The number of benzene rings is 4. The summed E-state index contributed by atoms with van der Waals surface area (Å²) in [4.78, 5) is 73.2. The van der Waals surface area contributed by atoms with Crippen molar-refractivity contribution in [2.24, 2.45) is 0 Å². The van der Waals surface area contributed by atoms with Crippen molar-refractivity contribution < 1.29 is 57.2 Å². The van der Waals surface area contributed by atoms with Crippen LogP contribution in [0.25, 0.3) is 0 Å². The lowest BCUT2D eigenvalue weighted by atomic mass is 9.63. The molecule has 0 spiro atoms. The van der Waals surface area contributed by atoms with Crippen LogP contribution in [0.1, 0.15) is 98.6 Å². The Morgan fingerprint density at radius 3 is 1.17 bits per heavy atom. The molecule has 12 nitrogen and oxygen atoms in total. The molecule has 6 rings (SSSR count). The van der Waals surface area contributed by atoms with E-state index in [1.54, 1.807) is 48.5 Å². The molecule has 4 aromatic carbocycles. The summed E-state index contributed by atoms with van der Waals surface area (Å²) in [6.45, 7) is 7.64. The Kier molecular flexibility index (Phi) is 9.66. The highest BCUT2D eigenvalue weighted by atomic mass is 16.6. The summed E-state index contributed by atoms with van der Waals surface area (Å²) in [5.74, 6) is -4.30. The van der Waals surface area contributed by atoms with Gasteiger partial charge in [-0.1, -0.05) is 24.3 Å². The average molecular weight is 707 g/mol. The number of rotatable bonds is 8. The van der Waals surface area contributed by atoms with Crippen LogP contribution in [0.15, 0.2) is 72.8 Å². The Balaban J connectivity index is 1.72. The van der Waals surface area contributed by atoms with Crippen molar-refractivity contribution in [3.05, 3.63) is 106 Å². The number of carbonyl (C=O) groups is 6. The zero-order valence-corrected chi connectivity index (χ0v) is 29.1. The van der Waals surface area contributed by atoms with Crippen molar-refractivity contribution in [3.63, 3.8) is 0 Å². The molecule has 2 aliphatic rings. The fourth-order valence-corrected chi connectivity index (χ4v) is 7.47. The Labute approximate surface area is 298 Å². The number of hydrogen-bond acceptors (Lipinski definition) is 12. The van der Waals surface area contributed by atoms with Gasteiger partial charge >= 0.3 is 35.8 Å². The monoisotopic (exact) mass is 706 g/mol. The molecule has 0 aromatic heterocycles. The third kappa shape index (κ3) is 7.13. The molecular weight excluding hydrogens is 672 g/mol. The number of esters is 6. The van der Waals surface area contributed by atoms with Gasteiger partial charge in [-0.25, -0.2) is 0 Å². The molecule has 266 valence electrons. The fourth-order valence-electron chi connectivity index (χ4n) is 7.47. The molecule has 4 atom stereocenters. The van der Waals surface area contributed by atoms with E-state index in [0.29, 0.717) is 33.8 Å². The van der Waals surface area contributed by atoms with Gasteiger partial charge in [-0.2, -0.15) is 0 Å². The zero-order valence-electron chi connectivity index (χ0n) is 29.1. The molecule has 0 N–H and O–H groups in total. The first-order chi connectivity index (χ1) is 24.7. The van der Waals surface area contributed by atoms with Gasteiger partial charge in [-0.15, -0.1) is 0 Å². The Bertz CT molecular complexity index is 2130. The van der Waals surface area contributed by atoms with Crippen molar-refractivity contribution >= 4 is 35.8 Å². The molecule has 0 heterocycles. The second-order valence-electron chi connectivity index (χ2n) is 12.6. The topological polar surface area (TPSA) is 158 Å². The third-order valence-corrected chi connectivity index (χ3v) is 8.77. The maximum Gasteiger partial charge on any atom is 0.308 e. The van der Waals surface area contributed by atoms with E-state index in [4.69, 9.17) is 28.4 Å². The van der Waals surface area contributed by atoms with E-state index >= 15 is 0 Å². The first-order valence-corrected chi connectivity index (χ1v) is 16.4. The summed E-state index contributed by atoms with van der Waals surface area (Å²) < 4.78 is 33.4. The highest BCUT2D eigenvalue weighted by Gasteiger charge is 2.54. The van der Waals surface area contributed by atoms with Crippen LogP contribution in [0.4, 0.5) is 0 Å². The van der Waals surface area contributed by atoms with E-state index in [1.165, 1.54) is 53.7 Å². The van der Waals surface area contributed by atoms with Gasteiger partial charge in [0.1, 0.15) is 34.5 Å². The number of carbonyl (C=O) groups excluding carboxylic acids is 6. The molecule has 0 fully saturated rings. The van der Waals surface area contributed by atoms with Crippen molar-refractivity contribution in [2.45, 2.75) is 65.2 Å². The second kappa shape index (κ2) is 14.1. The lowest BCUT2D eigenvalue weighted by Gasteiger charge is -2.40. The Morgan fingerprint density at radius 2 is 0.750 bits per heavy atom. The molecule has 2 aliphatic carbocycles. The summed E-state index contributed by atoms with van der Waals surface area (Å²) >= 11 is 0. The molecule has 0 amide bonds. The standard InChI is InChI=1S/C40H34O12/c1-19(41)47-27-11-7-25(8-12-27)35-37-31(15-29(49-21(3)43)17-33(37)51-23(5)45)40-36(26-9-13-28(14-10-26)48-20(2)42)39(35)32-16-30(50-22(4)44)18-34(38(32)40)52-24(6)46/h7-18,35-36,39-40H,1-6H3/t35-,36?,39?,40?/m1/s1. The van der Waals surface area contributed by atoms with E-state index in [-0.39, 0.29) is 23.0 Å². The molecule has 2 bridgehead atoms. The third-order valence-electron chi connectivity index (χ3n) is 8.77. The normalized spacial score (nSPS) is 17.9. The van der Waals surface area contributed by atoms with Crippen LogP contribution in [0.2, 0.25) is 0 Å². The van der Waals surface area contributed by atoms with Crippen LogP contribution in [-0.4, -0.2) is 35.8 Å². The van der Waals surface area contributed by atoms with Gasteiger partial charge in [-0.3, -0.25) is 28.8 Å². The molecule has 0 aliphatic heterocycles. The van der Waals surface area contributed by atoms with Crippen LogP contribution in [-0.2, 0) is 28.8 Å². The lowest BCUT2D eigenvalue weighted by molar-refractivity contribution is -0.133. The minimum absolute atomic E-state index is 0.118. The first-order valence-electron chi connectivity index (χ1n) is 16.4. The van der Waals surface area contributed by atoms with Gasteiger partial charge in [-0.05, 0) is 58.7 Å². The summed E-state index contributed by atoms with van der Waals surface area (Å²) in [5.41, 5.74) is 4.05. The average Bonchev–Trinajstić information content (AvgIpc) is 3.30. The molecule has 3 unspecified atom stereocenters. The van der Waals surface area contributed by atoms with Gasteiger partial charge in [0.05, 0.1) is 0 Å². The maximum atomic E-state index is 12.6. The molecule has 0 radical (unpaired) electrons. The highest BCUT2D eigenvalue weighted by Crippen LogP contribution is 2.69. The Hall–Kier alpha value is -6.30. The molecule has 4 aromatic rings. The van der Waals surface area contributed by atoms with E-state index < -0.39 is 59.5 Å². The van der Waals surface area contributed by atoms with E-state index in [9.17, 15) is 28.8 Å². The molecule has 0 saturated heterocycles. The van der Waals surface area contributed by atoms with Crippen LogP contribution >= 0.6 is 0 Å². The van der Waals surface area contributed by atoms with Gasteiger partial charge < -0.3 is 28.4 Å². The second-order valence-corrected chi connectivity index (χ2v) is 12.6. The summed E-state index contributed by atoms with van der Waals surface area (Å²) in [6.07, 6.45) is 0. The quantitative estimate of drug-likeness (QED) is 0.147. The van der Waals surface area contributed by atoms with Crippen LogP contribution in [0.3, 0.4) is 0 Å². The van der Waals surface area contributed by atoms with Crippen molar-refractivity contribution in [1.82, 2.24) is 0 Å². The smallest absolute Gasteiger partial charge is 0.308 e. The Morgan fingerprint density at radius 1 is 0.385 bits per heavy atom. The number of hydrogen-bond donors (Lipinski definition) is 0. The molecular formula is C40H34O12. The number of ether oxygens (including phenoxy) is 6. The predicted octanol–water partition coefficient (Wildman–Crippen LogP) is 6.40. The molecule has 0 saturated carbocycles. The SMILES string of the molecule is CC(=O)Oc1ccc(C2C3c4cc(OC(C)=O)cc(OC(C)=O)c4[C@@H](c4ccc(OC(C)=O)cc4)C2c2cc(OC(C)=O)cc(OC(C)=O)c23)cc1. The van der Waals surface area contributed by atoms with Crippen molar-refractivity contribution in [1.29, 1.82) is 0 Å². The van der Waals surface area contributed by atoms with E-state index in [2.05, 4.69) is 0 Å². The predicted molar refractivity (Wildman–Crippen MR) is 183 cm³/mol. The van der Waals surface area contributed by atoms with Crippen molar-refractivity contribution in [2.75, 3.05) is 0 Å². The largest absolute Gasteiger partial charge is 0.427 e. The van der Waals surface area contributed by atoms with Gasteiger partial charge in [0.25, 0.3) is 0 Å². The summed E-state index contributed by atoms with van der Waals surface area (Å²) in [7, 11) is 0. The summed E-state index contributed by atoms with van der Waals surface area (Å²) in [6, 6.07) is 20.3. The minimum atomic E-state index is -0.614. The van der Waals surface area contributed by atoms with Crippen LogP contribution in [0.5, 0.6) is 34.5 Å². The van der Waals surface area contributed by atoms with Gasteiger partial charge in [0, 0.05) is 88.5 Å². The van der Waals surface area contributed by atoms with Gasteiger partial charge in [0.15, 0.2) is 0 Å². The minimum Gasteiger partial charge on any atom is -0.427 e. The summed E-state index contributed by atoms with van der Waals surface area (Å²) in [5, 5.41) is 0. The number of fused-ring (bicyclic) bond motifs is 7. The highest BCUT2D eigenvalue weighted by molar-refractivity contribution is 5.78. The van der Waals surface area contributed by atoms with E-state index in [1.807, 2.05) is 12.1 Å². The van der Waals surface area contributed by atoms with E-state index in [0.717, 1.165) is 11.1 Å². The maximum absolute atomic E-state index is 12.6. The first kappa shape index (κ1) is 35.5. The van der Waals surface area contributed by atoms with Gasteiger partial charge in [0.2, 0.25) is 0 Å². The van der Waals surface area contributed by atoms with Crippen molar-refractivity contribution in [3.8, 4) is 34.5 Å². The van der Waals surface area contributed by atoms with Crippen LogP contribution < -0.4 is 28.4 Å². The lowest BCUT2D eigenvalue weighted by Crippen LogP contribution is -2.27. The van der Waals surface area contributed by atoms with Crippen LogP contribution in [0, 0.1) is 0 Å². The zero-order chi connectivity index (χ0) is 37.4. The molecule has 52 heavy (non-hydrogen) atoms. The molecule has 12 heteroatoms.